The Balaban J connectivity index is 2.14. The first-order valence-corrected chi connectivity index (χ1v) is 4.88. The minimum absolute atomic E-state index is 0.684. The second-order valence-corrected chi connectivity index (χ2v) is 3.27. The Hall–Kier alpha value is -1.61. The molecule has 1 heterocycles. The Bertz CT molecular complexity index is 409. The lowest BCUT2D eigenvalue weighted by atomic mass is 10.1. The van der Waals surface area contributed by atoms with Crippen LogP contribution in [0.3, 0.4) is 0 Å². The highest BCUT2D eigenvalue weighted by atomic mass is 16.5. The first-order valence-electron chi connectivity index (χ1n) is 4.88. The molecule has 15 heavy (non-hydrogen) atoms. The number of nitrogens with zero attached hydrogens (tertiary/aromatic N) is 2. The lowest BCUT2D eigenvalue weighted by Crippen LogP contribution is -2.03. The van der Waals surface area contributed by atoms with Gasteiger partial charge in [-0.15, -0.1) is 0 Å². The highest BCUT2D eigenvalue weighted by Crippen LogP contribution is 2.17. The molecule has 0 N–H and O–H groups in total. The van der Waals surface area contributed by atoms with Gasteiger partial charge in [-0.3, -0.25) is 4.68 Å². The zero-order valence-corrected chi connectivity index (χ0v) is 8.68. The Morgan fingerprint density at radius 1 is 1.33 bits per heavy atom. The van der Waals surface area contributed by atoms with Gasteiger partial charge >= 0.3 is 0 Å². The lowest BCUT2D eigenvalue weighted by molar-refractivity contribution is 0.183. The molecule has 0 fully saturated rings. The molecule has 0 aliphatic rings. The van der Waals surface area contributed by atoms with Crippen LogP contribution >= 0.6 is 0 Å². The van der Waals surface area contributed by atoms with Crippen molar-refractivity contribution in [3.63, 3.8) is 0 Å². The fourth-order valence-corrected chi connectivity index (χ4v) is 1.40. The molecule has 0 atom stereocenters. The fourth-order valence-electron chi connectivity index (χ4n) is 1.40. The van der Waals surface area contributed by atoms with Gasteiger partial charge in [0.2, 0.25) is 0 Å². The van der Waals surface area contributed by atoms with E-state index in [1.165, 1.54) is 0 Å². The van der Waals surface area contributed by atoms with E-state index in [4.69, 9.17) is 4.74 Å². The third kappa shape index (κ3) is 2.44. The van der Waals surface area contributed by atoms with Crippen LogP contribution in [0.5, 0.6) is 0 Å². The maximum absolute atomic E-state index is 4.99. The van der Waals surface area contributed by atoms with E-state index in [1.54, 1.807) is 7.11 Å². The summed E-state index contributed by atoms with van der Waals surface area (Å²) in [6, 6.07) is 10.9. The minimum Gasteiger partial charge on any atom is -0.383 e. The van der Waals surface area contributed by atoms with Gasteiger partial charge in [-0.05, 0) is 11.6 Å². The van der Waals surface area contributed by atoms with Gasteiger partial charge in [-0.25, -0.2) is 0 Å². The molecule has 0 amide bonds. The van der Waals surface area contributed by atoms with Gasteiger partial charge in [0.05, 0.1) is 19.3 Å². The standard InChI is InChI=1S/C12H13N2O/c1-15-8-7-14-10-12(9-13-14)11-5-3-2-4-6-11/h3-6,9-10H,7-8H2,1H3. The number of rotatable bonds is 4. The SMILES string of the molecule is COCCn1cc(-c2cc[c]cc2)cn1. The monoisotopic (exact) mass is 201 g/mol. The van der Waals surface area contributed by atoms with Crippen LogP contribution in [0, 0.1) is 6.07 Å². The summed E-state index contributed by atoms with van der Waals surface area (Å²) in [6.45, 7) is 1.47. The number of methoxy groups -OCH3 is 1. The molecule has 2 rings (SSSR count). The van der Waals surface area contributed by atoms with Crippen LogP contribution in [0.2, 0.25) is 0 Å². The molecule has 77 valence electrons. The molecule has 0 aliphatic heterocycles. The highest BCUT2D eigenvalue weighted by Gasteiger charge is 2.00. The van der Waals surface area contributed by atoms with E-state index in [2.05, 4.69) is 11.2 Å². The van der Waals surface area contributed by atoms with Gasteiger partial charge in [-0.2, -0.15) is 5.10 Å². The van der Waals surface area contributed by atoms with E-state index in [-0.39, 0.29) is 0 Å². The molecule has 3 nitrogen and oxygen atoms in total. The molecule has 0 unspecified atom stereocenters. The van der Waals surface area contributed by atoms with Gasteiger partial charge in [0.25, 0.3) is 0 Å². The second kappa shape index (κ2) is 4.75. The average Bonchev–Trinajstić information content (AvgIpc) is 2.76. The zero-order chi connectivity index (χ0) is 10.5. The Morgan fingerprint density at radius 2 is 2.13 bits per heavy atom. The van der Waals surface area contributed by atoms with Crippen LogP contribution in [-0.2, 0) is 11.3 Å². The van der Waals surface area contributed by atoms with Crippen molar-refractivity contribution in [2.45, 2.75) is 6.54 Å². The van der Waals surface area contributed by atoms with Crippen LogP contribution in [0.1, 0.15) is 0 Å². The third-order valence-electron chi connectivity index (χ3n) is 2.21. The summed E-state index contributed by atoms with van der Waals surface area (Å²) >= 11 is 0. The van der Waals surface area contributed by atoms with Crippen molar-refractivity contribution in [3.05, 3.63) is 42.7 Å². The number of aromatic nitrogens is 2. The van der Waals surface area contributed by atoms with Crippen LogP contribution in [-0.4, -0.2) is 23.5 Å². The largest absolute Gasteiger partial charge is 0.383 e. The van der Waals surface area contributed by atoms with E-state index in [0.29, 0.717) is 6.61 Å². The summed E-state index contributed by atoms with van der Waals surface area (Å²) in [4.78, 5) is 0. The summed E-state index contributed by atoms with van der Waals surface area (Å²) < 4.78 is 6.88. The van der Waals surface area contributed by atoms with Crippen molar-refractivity contribution in [2.75, 3.05) is 13.7 Å². The highest BCUT2D eigenvalue weighted by molar-refractivity contribution is 5.61. The van der Waals surface area contributed by atoms with Crippen LogP contribution in [0.4, 0.5) is 0 Å². The normalized spacial score (nSPS) is 10.5. The first kappa shape index (κ1) is 9.93. The van der Waals surface area contributed by atoms with Crippen LogP contribution in [0.25, 0.3) is 11.1 Å². The van der Waals surface area contributed by atoms with Crippen molar-refractivity contribution in [1.82, 2.24) is 9.78 Å². The van der Waals surface area contributed by atoms with Gasteiger partial charge < -0.3 is 4.74 Å². The summed E-state index contributed by atoms with van der Waals surface area (Å²) in [5.74, 6) is 0. The van der Waals surface area contributed by atoms with Crippen LogP contribution < -0.4 is 0 Å². The quantitative estimate of drug-likeness (QED) is 0.756. The smallest absolute Gasteiger partial charge is 0.0658 e. The number of benzene rings is 1. The molecule has 0 bridgehead atoms. The molecule has 0 saturated carbocycles. The molecule has 3 heteroatoms. The molecule has 2 aromatic rings. The van der Waals surface area contributed by atoms with E-state index in [9.17, 15) is 0 Å². The minimum atomic E-state index is 0.684. The maximum atomic E-state index is 4.99. The van der Waals surface area contributed by atoms with Crippen molar-refractivity contribution >= 4 is 0 Å². The fraction of sp³-hybridized carbons (Fsp3) is 0.250. The molecular weight excluding hydrogens is 188 g/mol. The second-order valence-electron chi connectivity index (χ2n) is 3.27. The number of ether oxygens (including phenoxy) is 1. The summed E-state index contributed by atoms with van der Waals surface area (Å²) in [5, 5.41) is 4.26. The van der Waals surface area contributed by atoms with Gasteiger partial charge in [0.15, 0.2) is 0 Å². The summed E-state index contributed by atoms with van der Waals surface area (Å²) in [6.07, 6.45) is 3.89. The summed E-state index contributed by atoms with van der Waals surface area (Å²) in [5.41, 5.74) is 2.29. The molecule has 1 radical (unpaired) electrons. The first-order chi connectivity index (χ1) is 7.40. The molecule has 0 saturated heterocycles. The number of hydrogen-bond donors (Lipinski definition) is 0. The van der Waals surface area contributed by atoms with Gasteiger partial charge in [-0.1, -0.05) is 24.3 Å². The topological polar surface area (TPSA) is 27.1 Å². The third-order valence-corrected chi connectivity index (χ3v) is 2.21. The molecule has 0 aliphatic carbocycles. The molecule has 1 aromatic carbocycles. The Morgan fingerprint density at radius 3 is 2.87 bits per heavy atom. The van der Waals surface area contributed by atoms with Crippen LogP contribution in [0.15, 0.2) is 36.7 Å². The van der Waals surface area contributed by atoms with Crippen molar-refractivity contribution < 1.29 is 4.74 Å². The molecule has 1 aromatic heterocycles. The Kier molecular flexibility index (Phi) is 3.15. The zero-order valence-electron chi connectivity index (χ0n) is 8.68. The van der Waals surface area contributed by atoms with Crippen molar-refractivity contribution in [2.24, 2.45) is 0 Å². The molecular formula is C12H13N2O. The van der Waals surface area contributed by atoms with Gasteiger partial charge in [0.1, 0.15) is 0 Å². The number of hydrogen-bond acceptors (Lipinski definition) is 2. The predicted molar refractivity (Wildman–Crippen MR) is 58.4 cm³/mol. The van der Waals surface area contributed by atoms with Gasteiger partial charge in [0, 0.05) is 18.9 Å². The van der Waals surface area contributed by atoms with E-state index >= 15 is 0 Å². The van der Waals surface area contributed by atoms with E-state index in [1.807, 2.05) is 41.3 Å². The average molecular weight is 201 g/mol. The van der Waals surface area contributed by atoms with Crippen molar-refractivity contribution in [1.29, 1.82) is 0 Å². The van der Waals surface area contributed by atoms with Crippen molar-refractivity contribution in [3.8, 4) is 11.1 Å². The van der Waals surface area contributed by atoms with E-state index < -0.39 is 0 Å². The lowest BCUT2D eigenvalue weighted by Gasteiger charge is -1.98. The van der Waals surface area contributed by atoms with E-state index in [0.717, 1.165) is 17.7 Å². The molecule has 0 spiro atoms. The summed E-state index contributed by atoms with van der Waals surface area (Å²) in [7, 11) is 1.69. The Labute approximate surface area is 89.3 Å². The maximum Gasteiger partial charge on any atom is 0.0658 e. The predicted octanol–water partition coefficient (Wildman–Crippen LogP) is 2.00.